The van der Waals surface area contributed by atoms with Crippen LogP contribution in [0.25, 0.3) is 0 Å². The first-order valence-electron chi connectivity index (χ1n) is 10.7. The van der Waals surface area contributed by atoms with Gasteiger partial charge in [0.05, 0.1) is 0 Å². The minimum absolute atomic E-state index is 0.145. The normalized spacial score (nSPS) is 19.0. The van der Waals surface area contributed by atoms with Gasteiger partial charge in [-0.2, -0.15) is 8.78 Å². The van der Waals surface area contributed by atoms with Crippen LogP contribution in [0.15, 0.2) is 36.4 Å². The molecule has 2 heterocycles. The van der Waals surface area contributed by atoms with Gasteiger partial charge in [-0.05, 0) is 29.7 Å². The minimum Gasteiger partial charge on any atom is -0.352 e. The van der Waals surface area contributed by atoms with E-state index < -0.39 is 35.3 Å². The predicted octanol–water partition coefficient (Wildman–Crippen LogP) is -0.101. The zero-order valence-corrected chi connectivity index (χ0v) is 19.2. The first-order valence-corrected chi connectivity index (χ1v) is 11.1. The minimum atomic E-state index is -3.76. The Morgan fingerprint density at radius 1 is 1.21 bits per heavy atom. The zero-order valence-electron chi connectivity index (χ0n) is 18.5. The number of halogens is 3. The SMILES string of the molecule is Bc1cc2c(cc1C(B)NC(=O)C(F)(F)c1ccc(Cl)cc1)CN(C1CCC(=O)NC1=O)C2=O. The number of fused-ring (bicyclic) bond motifs is 1. The van der Waals surface area contributed by atoms with Crippen molar-refractivity contribution < 1.29 is 28.0 Å². The molecule has 174 valence electrons. The summed E-state index contributed by atoms with van der Waals surface area (Å²) in [4.78, 5) is 50.4. The number of nitrogens with one attached hydrogen (secondary N) is 2. The second-order valence-electron chi connectivity index (χ2n) is 8.54. The van der Waals surface area contributed by atoms with E-state index in [4.69, 9.17) is 11.6 Å². The molecule has 0 aliphatic carbocycles. The highest BCUT2D eigenvalue weighted by Gasteiger charge is 2.42. The molecule has 0 aromatic heterocycles. The smallest absolute Gasteiger partial charge is 0.349 e. The van der Waals surface area contributed by atoms with Crippen LogP contribution >= 0.6 is 11.6 Å². The van der Waals surface area contributed by atoms with Gasteiger partial charge in [-0.15, -0.1) is 0 Å². The van der Waals surface area contributed by atoms with Crippen molar-refractivity contribution in [2.75, 3.05) is 0 Å². The molecule has 0 bridgehead atoms. The third-order valence-electron chi connectivity index (χ3n) is 6.22. The molecule has 0 spiro atoms. The van der Waals surface area contributed by atoms with Crippen LogP contribution in [0.1, 0.15) is 45.8 Å². The molecule has 2 aromatic carbocycles. The Bertz CT molecular complexity index is 1210. The quantitative estimate of drug-likeness (QED) is 0.457. The molecule has 2 unspecified atom stereocenters. The van der Waals surface area contributed by atoms with E-state index in [2.05, 4.69) is 10.6 Å². The number of alkyl halides is 2. The first-order chi connectivity index (χ1) is 16.0. The van der Waals surface area contributed by atoms with Crippen molar-refractivity contribution in [3.63, 3.8) is 0 Å². The number of amides is 4. The van der Waals surface area contributed by atoms with E-state index in [0.717, 1.165) is 12.1 Å². The van der Waals surface area contributed by atoms with Crippen LogP contribution in [-0.2, 0) is 26.9 Å². The topological polar surface area (TPSA) is 95.6 Å². The number of rotatable bonds is 5. The fraction of sp³-hybridized carbons (Fsp3) is 0.273. The van der Waals surface area contributed by atoms with E-state index in [1.54, 1.807) is 27.8 Å². The van der Waals surface area contributed by atoms with Crippen molar-refractivity contribution in [1.29, 1.82) is 0 Å². The summed E-state index contributed by atoms with van der Waals surface area (Å²) >= 11 is 5.74. The number of hydrogen-bond acceptors (Lipinski definition) is 4. The van der Waals surface area contributed by atoms with E-state index in [1.807, 2.05) is 0 Å². The van der Waals surface area contributed by atoms with Crippen LogP contribution in [0.4, 0.5) is 8.78 Å². The summed E-state index contributed by atoms with van der Waals surface area (Å²) in [5.41, 5.74) is 1.78. The number of benzene rings is 2. The van der Waals surface area contributed by atoms with E-state index in [1.165, 1.54) is 17.0 Å². The maximum Gasteiger partial charge on any atom is 0.349 e. The van der Waals surface area contributed by atoms with E-state index in [-0.39, 0.29) is 36.2 Å². The van der Waals surface area contributed by atoms with Gasteiger partial charge in [-0.3, -0.25) is 24.5 Å². The van der Waals surface area contributed by atoms with Gasteiger partial charge in [0, 0.05) is 35.1 Å². The summed E-state index contributed by atoms with van der Waals surface area (Å²) in [6.07, 6.45) is 0.383. The standard InChI is InChI=1S/C22H20B2ClF2N3O4/c23-15-8-13-10(9-30(20(13)33)16-5-6-17(31)28-19(16)32)7-14(15)18(24)29-21(34)22(26,27)11-1-3-12(25)4-2-11/h1-4,7-8,16,18H,5-6,9,23-24H2,(H,29,34)(H,28,31,32). The van der Waals surface area contributed by atoms with Crippen molar-refractivity contribution in [2.24, 2.45) is 0 Å². The van der Waals surface area contributed by atoms with Gasteiger partial charge in [-0.25, -0.2) is 0 Å². The van der Waals surface area contributed by atoms with Crippen LogP contribution in [-0.4, -0.2) is 50.3 Å². The molecule has 0 radical (unpaired) electrons. The fourth-order valence-electron chi connectivity index (χ4n) is 4.36. The summed E-state index contributed by atoms with van der Waals surface area (Å²) in [5.74, 6) is -7.20. The molecule has 2 aliphatic heterocycles. The molecule has 2 aromatic rings. The average Bonchev–Trinajstić information content (AvgIpc) is 3.08. The van der Waals surface area contributed by atoms with Crippen molar-refractivity contribution >= 4 is 56.4 Å². The molecule has 2 aliphatic rings. The zero-order chi connectivity index (χ0) is 24.8. The van der Waals surface area contributed by atoms with Crippen LogP contribution in [0, 0.1) is 0 Å². The highest BCUT2D eigenvalue weighted by molar-refractivity contribution is 6.35. The average molecular weight is 485 g/mol. The summed E-state index contributed by atoms with van der Waals surface area (Å²) in [5, 5.41) is 4.89. The number of nitrogens with zero attached hydrogens (tertiary/aromatic N) is 1. The lowest BCUT2D eigenvalue weighted by Crippen LogP contribution is -2.52. The third-order valence-corrected chi connectivity index (χ3v) is 6.47. The van der Waals surface area contributed by atoms with Crippen molar-refractivity contribution in [3.8, 4) is 0 Å². The van der Waals surface area contributed by atoms with E-state index in [0.29, 0.717) is 22.2 Å². The van der Waals surface area contributed by atoms with Gasteiger partial charge in [0.25, 0.3) is 11.8 Å². The van der Waals surface area contributed by atoms with Crippen LogP contribution < -0.4 is 16.1 Å². The third kappa shape index (κ3) is 4.32. The molecule has 1 saturated heterocycles. The number of carbonyl (C=O) groups excluding carboxylic acids is 4. The van der Waals surface area contributed by atoms with Gasteiger partial charge in [0.2, 0.25) is 11.8 Å². The monoisotopic (exact) mass is 485 g/mol. The van der Waals surface area contributed by atoms with Gasteiger partial charge in [0.1, 0.15) is 21.7 Å². The Hall–Kier alpha value is -3.20. The van der Waals surface area contributed by atoms with Crippen molar-refractivity contribution in [3.05, 3.63) is 63.7 Å². The summed E-state index contributed by atoms with van der Waals surface area (Å²) in [7, 11) is 3.30. The highest BCUT2D eigenvalue weighted by Crippen LogP contribution is 2.31. The van der Waals surface area contributed by atoms with Gasteiger partial charge >= 0.3 is 5.92 Å². The Labute approximate surface area is 201 Å². The molecular formula is C22H20B2ClF2N3O4. The number of hydrogen-bond donors (Lipinski definition) is 2. The molecule has 2 N–H and O–H groups in total. The molecule has 12 heteroatoms. The van der Waals surface area contributed by atoms with Crippen LogP contribution in [0.5, 0.6) is 0 Å². The van der Waals surface area contributed by atoms with Gasteiger partial charge < -0.3 is 10.2 Å². The Balaban J connectivity index is 1.53. The lowest BCUT2D eigenvalue weighted by atomic mass is 9.78. The molecule has 34 heavy (non-hydrogen) atoms. The number of piperidine rings is 1. The van der Waals surface area contributed by atoms with E-state index in [9.17, 15) is 28.0 Å². The number of carbonyl (C=O) groups is 4. The van der Waals surface area contributed by atoms with Gasteiger partial charge in [0.15, 0.2) is 0 Å². The summed E-state index contributed by atoms with van der Waals surface area (Å²) in [6, 6.07) is 7.36. The molecule has 0 saturated carbocycles. The summed E-state index contributed by atoms with van der Waals surface area (Å²) in [6.45, 7) is 0.148. The molecule has 4 rings (SSSR count). The largest absolute Gasteiger partial charge is 0.352 e. The fourth-order valence-corrected chi connectivity index (χ4v) is 4.49. The van der Waals surface area contributed by atoms with Crippen LogP contribution in [0.2, 0.25) is 5.02 Å². The molecule has 1 fully saturated rings. The number of imide groups is 1. The highest BCUT2D eigenvalue weighted by atomic mass is 35.5. The first kappa shape index (κ1) is 23.9. The molecular weight excluding hydrogens is 465 g/mol. The summed E-state index contributed by atoms with van der Waals surface area (Å²) < 4.78 is 29.4. The second kappa shape index (κ2) is 8.87. The molecule has 2 atom stereocenters. The second-order valence-corrected chi connectivity index (χ2v) is 8.98. The maximum atomic E-state index is 14.7. The lowest BCUT2D eigenvalue weighted by molar-refractivity contribution is -0.147. The molecule has 4 amide bonds. The van der Waals surface area contributed by atoms with Crippen LogP contribution in [0.3, 0.4) is 0 Å². The Kier molecular flexibility index (Phi) is 6.24. The van der Waals surface area contributed by atoms with E-state index >= 15 is 0 Å². The Morgan fingerprint density at radius 2 is 1.88 bits per heavy atom. The Morgan fingerprint density at radius 3 is 2.53 bits per heavy atom. The maximum absolute atomic E-state index is 14.7. The van der Waals surface area contributed by atoms with Gasteiger partial charge in [-0.1, -0.05) is 41.3 Å². The lowest BCUT2D eigenvalue weighted by Gasteiger charge is -2.29. The van der Waals surface area contributed by atoms with Crippen molar-refractivity contribution in [1.82, 2.24) is 15.5 Å². The molecule has 7 nitrogen and oxygen atoms in total. The predicted molar refractivity (Wildman–Crippen MR) is 125 cm³/mol. The van der Waals surface area contributed by atoms with Crippen molar-refractivity contribution in [2.45, 2.75) is 37.3 Å².